The number of nitrogens with zero attached hydrogens (tertiary/aromatic N) is 2. The van der Waals surface area contributed by atoms with Crippen LogP contribution in [0.4, 0.5) is 0 Å². The molecule has 0 saturated carbocycles. The van der Waals surface area contributed by atoms with Crippen LogP contribution >= 0.6 is 34.9 Å². The van der Waals surface area contributed by atoms with E-state index in [1.165, 1.54) is 34.9 Å². The van der Waals surface area contributed by atoms with E-state index in [1.807, 2.05) is 48.5 Å². The summed E-state index contributed by atoms with van der Waals surface area (Å²) in [4.78, 5) is 31.5. The Kier molecular flexibility index (Phi) is 5.63. The molecule has 0 atom stereocenters. The Labute approximate surface area is 189 Å². The normalized spacial score (nSPS) is 11.4. The summed E-state index contributed by atoms with van der Waals surface area (Å²) in [6.07, 6.45) is 3.51. The van der Waals surface area contributed by atoms with Gasteiger partial charge in [0.2, 0.25) is 0 Å². The molecule has 0 unspecified atom stereocenters. The van der Waals surface area contributed by atoms with Gasteiger partial charge >= 0.3 is 0 Å². The minimum atomic E-state index is 0.0429. The van der Waals surface area contributed by atoms with Crippen molar-refractivity contribution in [2.24, 2.45) is 0 Å². The largest absolute Gasteiger partial charge is 0.360 e. The number of carbonyl (C=O) groups excluding carboxylic acids is 2. The molecule has 9 heteroatoms. The Bertz CT molecular complexity index is 1300. The number of carbonyl (C=O) groups is 2. The second-order valence-corrected chi connectivity index (χ2v) is 10.2. The molecule has 0 aliphatic carbocycles. The second kappa shape index (κ2) is 8.70. The smallest absolute Gasteiger partial charge is 0.175 e. The van der Waals surface area contributed by atoms with Crippen LogP contribution in [-0.2, 0) is 0 Å². The van der Waals surface area contributed by atoms with Gasteiger partial charge in [0.25, 0.3) is 0 Å². The number of rotatable bonds is 8. The average Bonchev–Trinajstić information content (AvgIpc) is 3.54. The highest BCUT2D eigenvalue weighted by Gasteiger charge is 2.16. The van der Waals surface area contributed by atoms with Crippen LogP contribution in [-0.4, -0.2) is 43.2 Å². The molecule has 6 nitrogen and oxygen atoms in total. The summed E-state index contributed by atoms with van der Waals surface area (Å²) in [5.74, 6) is 0.660. The first-order valence-corrected chi connectivity index (χ1v) is 12.3. The maximum absolute atomic E-state index is 12.6. The molecule has 3 heterocycles. The molecule has 2 N–H and O–H groups in total. The molecule has 0 spiro atoms. The number of hydrogen-bond acceptors (Lipinski definition) is 7. The van der Waals surface area contributed by atoms with E-state index >= 15 is 0 Å². The minimum Gasteiger partial charge on any atom is -0.360 e. The maximum atomic E-state index is 12.6. The lowest BCUT2D eigenvalue weighted by Gasteiger charge is -1.98. The van der Waals surface area contributed by atoms with E-state index in [2.05, 4.69) is 20.2 Å². The number of fused-ring (bicyclic) bond motifs is 2. The van der Waals surface area contributed by atoms with Gasteiger partial charge in [-0.1, -0.05) is 71.3 Å². The zero-order valence-electron chi connectivity index (χ0n) is 16.1. The number of nitrogens with one attached hydrogen (secondary N) is 2. The topological polar surface area (TPSA) is 91.5 Å². The van der Waals surface area contributed by atoms with Crippen molar-refractivity contribution in [1.82, 2.24) is 20.2 Å². The minimum absolute atomic E-state index is 0.0429. The summed E-state index contributed by atoms with van der Waals surface area (Å²) in [6, 6.07) is 15.5. The molecule has 3 aromatic heterocycles. The molecule has 0 aliphatic rings. The molecule has 0 amide bonds. The quantitative estimate of drug-likeness (QED) is 0.234. The predicted octanol–water partition coefficient (Wildman–Crippen LogP) is 5.45. The van der Waals surface area contributed by atoms with Crippen LogP contribution in [0.15, 0.2) is 69.6 Å². The highest BCUT2D eigenvalue weighted by molar-refractivity contribution is 8.03. The molecule has 0 radical (unpaired) electrons. The Morgan fingerprint density at radius 2 is 1.19 bits per heavy atom. The van der Waals surface area contributed by atoms with E-state index in [9.17, 15) is 9.59 Å². The molecule has 31 heavy (non-hydrogen) atoms. The van der Waals surface area contributed by atoms with Crippen molar-refractivity contribution in [2.75, 3.05) is 11.5 Å². The standard InChI is InChI=1S/C22H16N4O2S3/c27-19(15-9-23-17-7-3-1-5-13(15)17)11-29-21-25-26-22(31-21)30-12-20(28)16-10-24-18-8-4-2-6-14(16)18/h1-10,23-24H,11-12H2. The Morgan fingerprint density at radius 3 is 1.68 bits per heavy atom. The Morgan fingerprint density at radius 1 is 0.742 bits per heavy atom. The number of thioether (sulfide) groups is 2. The van der Waals surface area contributed by atoms with Gasteiger partial charge in [-0.25, -0.2) is 0 Å². The third-order valence-corrected chi connectivity index (χ3v) is 8.01. The zero-order chi connectivity index (χ0) is 21.2. The van der Waals surface area contributed by atoms with Crippen molar-refractivity contribution >= 4 is 68.2 Å². The summed E-state index contributed by atoms with van der Waals surface area (Å²) in [5.41, 5.74) is 3.27. The molecule has 154 valence electrons. The van der Waals surface area contributed by atoms with Crippen LogP contribution < -0.4 is 0 Å². The lowest BCUT2D eigenvalue weighted by Crippen LogP contribution is -2.01. The van der Waals surface area contributed by atoms with E-state index in [4.69, 9.17) is 0 Å². The molecule has 0 saturated heterocycles. The third-order valence-electron chi connectivity index (χ3n) is 4.82. The van der Waals surface area contributed by atoms with Gasteiger partial charge in [0.05, 0.1) is 11.5 Å². The predicted molar refractivity (Wildman–Crippen MR) is 127 cm³/mol. The summed E-state index contributed by atoms with van der Waals surface area (Å²) >= 11 is 4.14. The third kappa shape index (κ3) is 4.16. The van der Waals surface area contributed by atoms with E-state index < -0.39 is 0 Å². The van der Waals surface area contributed by atoms with Crippen molar-refractivity contribution in [1.29, 1.82) is 0 Å². The van der Waals surface area contributed by atoms with E-state index in [-0.39, 0.29) is 23.1 Å². The lowest BCUT2D eigenvalue weighted by molar-refractivity contribution is 0.101. The van der Waals surface area contributed by atoms with E-state index in [0.717, 1.165) is 30.5 Å². The van der Waals surface area contributed by atoms with Crippen LogP contribution in [0.25, 0.3) is 21.8 Å². The highest BCUT2D eigenvalue weighted by atomic mass is 32.2. The van der Waals surface area contributed by atoms with Crippen LogP contribution in [0.5, 0.6) is 0 Å². The fraction of sp³-hybridized carbons (Fsp3) is 0.0909. The summed E-state index contributed by atoms with van der Waals surface area (Å²) in [6.45, 7) is 0. The summed E-state index contributed by atoms with van der Waals surface area (Å²) in [5, 5.41) is 10.2. The fourth-order valence-corrected chi connectivity index (χ4v) is 6.12. The Balaban J connectivity index is 1.18. The molecule has 2 aromatic carbocycles. The number of aromatic nitrogens is 4. The maximum Gasteiger partial charge on any atom is 0.175 e. The Hall–Kier alpha value is -2.88. The van der Waals surface area contributed by atoms with Crippen LogP contribution in [0.1, 0.15) is 20.7 Å². The van der Waals surface area contributed by atoms with Gasteiger partial charge in [-0.3, -0.25) is 9.59 Å². The molecular formula is C22H16N4O2S3. The van der Waals surface area contributed by atoms with Crippen LogP contribution in [0.3, 0.4) is 0 Å². The van der Waals surface area contributed by atoms with E-state index in [0.29, 0.717) is 11.1 Å². The SMILES string of the molecule is O=C(CSc1nnc(SCC(=O)c2c[nH]c3ccccc23)s1)c1c[nH]c2ccccc12. The molecule has 5 rings (SSSR count). The molecule has 5 aromatic rings. The number of H-pyrrole nitrogens is 2. The first kappa shape index (κ1) is 20.0. The molecule has 0 aliphatic heterocycles. The second-order valence-electron chi connectivity index (χ2n) is 6.75. The molecule has 0 fully saturated rings. The molecular weight excluding hydrogens is 448 g/mol. The van der Waals surface area contributed by atoms with Gasteiger partial charge in [0.1, 0.15) is 0 Å². The van der Waals surface area contributed by atoms with Crippen molar-refractivity contribution in [3.8, 4) is 0 Å². The molecule has 0 bridgehead atoms. The van der Waals surface area contributed by atoms with Gasteiger partial charge in [0.15, 0.2) is 20.2 Å². The highest BCUT2D eigenvalue weighted by Crippen LogP contribution is 2.31. The van der Waals surface area contributed by atoms with Crippen molar-refractivity contribution in [2.45, 2.75) is 8.68 Å². The number of aromatic amines is 2. The summed E-state index contributed by atoms with van der Waals surface area (Å²) in [7, 11) is 0. The number of Topliss-reactive ketones (excluding diaryl/α,β-unsaturated/α-hetero) is 2. The van der Waals surface area contributed by atoms with Gasteiger partial charge in [0, 0.05) is 45.3 Å². The number of ketones is 2. The first-order chi connectivity index (χ1) is 15.2. The van der Waals surface area contributed by atoms with Crippen LogP contribution in [0.2, 0.25) is 0 Å². The monoisotopic (exact) mass is 464 g/mol. The number of para-hydroxylation sites is 2. The average molecular weight is 465 g/mol. The van der Waals surface area contributed by atoms with Crippen molar-refractivity contribution in [3.05, 3.63) is 72.1 Å². The van der Waals surface area contributed by atoms with Crippen molar-refractivity contribution in [3.63, 3.8) is 0 Å². The van der Waals surface area contributed by atoms with Gasteiger partial charge in [-0.15, -0.1) is 10.2 Å². The number of hydrogen-bond donors (Lipinski definition) is 2. The van der Waals surface area contributed by atoms with Gasteiger partial charge in [-0.2, -0.15) is 0 Å². The zero-order valence-corrected chi connectivity index (χ0v) is 18.6. The number of benzene rings is 2. The van der Waals surface area contributed by atoms with Crippen molar-refractivity contribution < 1.29 is 9.59 Å². The van der Waals surface area contributed by atoms with Gasteiger partial charge in [-0.05, 0) is 12.1 Å². The van der Waals surface area contributed by atoms with Crippen LogP contribution in [0, 0.1) is 0 Å². The summed E-state index contributed by atoms with van der Waals surface area (Å²) < 4.78 is 1.44. The van der Waals surface area contributed by atoms with Gasteiger partial charge < -0.3 is 9.97 Å². The van der Waals surface area contributed by atoms with E-state index in [1.54, 1.807) is 12.4 Å². The first-order valence-electron chi connectivity index (χ1n) is 9.47. The fourth-order valence-electron chi connectivity index (χ4n) is 3.33. The lowest BCUT2D eigenvalue weighted by atomic mass is 10.1.